The molecule has 1 fully saturated rings. The fourth-order valence-corrected chi connectivity index (χ4v) is 3.49. The molecule has 0 aromatic heterocycles. The smallest absolute Gasteiger partial charge is 0.119 e. The van der Waals surface area contributed by atoms with Gasteiger partial charge in [-0.3, -0.25) is 0 Å². The molecular formula is C18H29NO2. The Kier molecular flexibility index (Phi) is 6.07. The monoisotopic (exact) mass is 291 g/mol. The van der Waals surface area contributed by atoms with Gasteiger partial charge in [-0.05, 0) is 37.5 Å². The lowest BCUT2D eigenvalue weighted by Crippen LogP contribution is -2.37. The molecule has 1 aliphatic carbocycles. The first kappa shape index (κ1) is 16.3. The number of benzene rings is 1. The van der Waals surface area contributed by atoms with Crippen LogP contribution in [0.5, 0.6) is 5.75 Å². The molecule has 1 aromatic carbocycles. The van der Waals surface area contributed by atoms with Crippen LogP contribution in [0.4, 0.5) is 0 Å². The van der Waals surface area contributed by atoms with Crippen molar-refractivity contribution in [2.45, 2.75) is 58.0 Å². The van der Waals surface area contributed by atoms with Crippen molar-refractivity contribution in [2.24, 2.45) is 11.1 Å². The zero-order chi connectivity index (χ0) is 15.1. The van der Waals surface area contributed by atoms with Gasteiger partial charge in [0.25, 0.3) is 0 Å². The number of nitrogens with two attached hydrogens (primary N) is 1. The van der Waals surface area contributed by atoms with Gasteiger partial charge in [0.05, 0.1) is 12.7 Å². The van der Waals surface area contributed by atoms with Gasteiger partial charge >= 0.3 is 0 Å². The molecule has 3 N–H and O–H groups in total. The van der Waals surface area contributed by atoms with Gasteiger partial charge in [0.2, 0.25) is 0 Å². The Morgan fingerprint density at radius 2 is 1.86 bits per heavy atom. The second-order valence-corrected chi connectivity index (χ2v) is 6.24. The molecule has 0 saturated heterocycles. The molecule has 0 spiro atoms. The van der Waals surface area contributed by atoms with E-state index < -0.39 is 6.10 Å². The maximum Gasteiger partial charge on any atom is 0.119 e. The highest BCUT2D eigenvalue weighted by Gasteiger charge is 2.37. The van der Waals surface area contributed by atoms with Crippen LogP contribution < -0.4 is 10.5 Å². The van der Waals surface area contributed by atoms with Gasteiger partial charge in [-0.1, -0.05) is 44.2 Å². The fraction of sp³-hybridized carbons (Fsp3) is 0.667. The van der Waals surface area contributed by atoms with Gasteiger partial charge in [0.15, 0.2) is 0 Å². The van der Waals surface area contributed by atoms with E-state index in [2.05, 4.69) is 0 Å². The molecule has 0 amide bonds. The average molecular weight is 291 g/mol. The fourth-order valence-electron chi connectivity index (χ4n) is 3.49. The minimum absolute atomic E-state index is 0.175. The number of ether oxygens (including phenoxy) is 1. The number of aliphatic hydroxyl groups excluding tert-OH is 1. The van der Waals surface area contributed by atoms with E-state index in [1.807, 2.05) is 31.2 Å². The molecule has 1 unspecified atom stereocenters. The Hall–Kier alpha value is -1.06. The first-order valence-electron chi connectivity index (χ1n) is 8.33. The Balaban J connectivity index is 2.21. The van der Waals surface area contributed by atoms with Crippen molar-refractivity contribution in [3.63, 3.8) is 0 Å². The SMILES string of the molecule is CCOc1cccc(C(O)C2(CN)CCCCCCC2)c1. The van der Waals surface area contributed by atoms with Crippen molar-refractivity contribution >= 4 is 0 Å². The van der Waals surface area contributed by atoms with Crippen LogP contribution in [-0.2, 0) is 0 Å². The lowest BCUT2D eigenvalue weighted by Gasteiger charge is -2.39. The highest BCUT2D eigenvalue weighted by molar-refractivity contribution is 5.31. The maximum absolute atomic E-state index is 11.0. The molecule has 0 aliphatic heterocycles. The molecule has 0 radical (unpaired) electrons. The van der Waals surface area contributed by atoms with E-state index in [9.17, 15) is 5.11 Å². The summed E-state index contributed by atoms with van der Waals surface area (Å²) in [5.74, 6) is 0.826. The van der Waals surface area contributed by atoms with E-state index >= 15 is 0 Å². The summed E-state index contributed by atoms with van der Waals surface area (Å²) >= 11 is 0. The van der Waals surface area contributed by atoms with Crippen LogP contribution in [0.1, 0.15) is 63.5 Å². The molecule has 0 bridgehead atoms. The zero-order valence-corrected chi connectivity index (χ0v) is 13.2. The standard InChI is InChI=1S/C18H29NO2/c1-2-21-16-10-8-9-15(13-16)17(20)18(14-19)11-6-4-3-5-7-12-18/h8-10,13,17,20H,2-7,11-12,14,19H2,1H3. The molecule has 1 aliphatic rings. The molecule has 1 saturated carbocycles. The number of aliphatic hydroxyl groups is 1. The van der Waals surface area contributed by atoms with Crippen molar-refractivity contribution in [2.75, 3.05) is 13.2 Å². The van der Waals surface area contributed by atoms with Crippen LogP contribution in [0.3, 0.4) is 0 Å². The first-order valence-corrected chi connectivity index (χ1v) is 8.33. The summed E-state index contributed by atoms with van der Waals surface area (Å²) in [5, 5.41) is 11.0. The predicted molar refractivity (Wildman–Crippen MR) is 86.4 cm³/mol. The first-order chi connectivity index (χ1) is 10.2. The van der Waals surface area contributed by atoms with Gasteiger partial charge in [-0.2, -0.15) is 0 Å². The molecule has 1 atom stereocenters. The molecule has 118 valence electrons. The Labute approximate surface area is 128 Å². The highest BCUT2D eigenvalue weighted by Crippen LogP contribution is 2.44. The molecule has 3 nitrogen and oxygen atoms in total. The highest BCUT2D eigenvalue weighted by atomic mass is 16.5. The maximum atomic E-state index is 11.0. The van der Waals surface area contributed by atoms with E-state index in [0.29, 0.717) is 13.2 Å². The van der Waals surface area contributed by atoms with E-state index in [4.69, 9.17) is 10.5 Å². The van der Waals surface area contributed by atoms with Gasteiger partial charge in [0.1, 0.15) is 5.75 Å². The second kappa shape index (κ2) is 7.81. The van der Waals surface area contributed by atoms with Crippen LogP contribution in [0.2, 0.25) is 0 Å². The summed E-state index contributed by atoms with van der Waals surface area (Å²) in [7, 11) is 0. The average Bonchev–Trinajstić information content (AvgIpc) is 2.48. The van der Waals surface area contributed by atoms with Crippen molar-refractivity contribution in [3.8, 4) is 5.75 Å². The largest absolute Gasteiger partial charge is 0.494 e. The molecule has 2 rings (SSSR count). The summed E-state index contributed by atoms with van der Waals surface area (Å²) in [5.41, 5.74) is 6.86. The summed E-state index contributed by atoms with van der Waals surface area (Å²) in [6.07, 6.45) is 7.70. The zero-order valence-electron chi connectivity index (χ0n) is 13.2. The molecule has 3 heteroatoms. The van der Waals surface area contributed by atoms with Crippen molar-refractivity contribution < 1.29 is 9.84 Å². The number of hydrogen-bond donors (Lipinski definition) is 2. The summed E-state index contributed by atoms with van der Waals surface area (Å²) in [6.45, 7) is 3.16. The molecule has 1 aromatic rings. The summed E-state index contributed by atoms with van der Waals surface area (Å²) in [6, 6.07) is 7.84. The van der Waals surface area contributed by atoms with Crippen LogP contribution in [0.25, 0.3) is 0 Å². The third-order valence-electron chi connectivity index (χ3n) is 4.82. The van der Waals surface area contributed by atoms with Gasteiger partial charge < -0.3 is 15.6 Å². The Morgan fingerprint density at radius 1 is 1.19 bits per heavy atom. The van der Waals surface area contributed by atoms with Crippen LogP contribution >= 0.6 is 0 Å². The Bertz CT molecular complexity index is 425. The summed E-state index contributed by atoms with van der Waals surface area (Å²) < 4.78 is 5.55. The number of rotatable bonds is 5. The van der Waals surface area contributed by atoms with E-state index in [1.165, 1.54) is 32.1 Å². The molecule has 21 heavy (non-hydrogen) atoms. The normalized spacial score (nSPS) is 20.3. The van der Waals surface area contributed by atoms with E-state index in [0.717, 1.165) is 24.2 Å². The Morgan fingerprint density at radius 3 is 2.48 bits per heavy atom. The third kappa shape index (κ3) is 3.98. The van der Waals surface area contributed by atoms with E-state index in [-0.39, 0.29) is 5.41 Å². The molecule has 0 heterocycles. The van der Waals surface area contributed by atoms with Crippen LogP contribution in [0, 0.1) is 5.41 Å². The van der Waals surface area contributed by atoms with Crippen molar-refractivity contribution in [1.82, 2.24) is 0 Å². The summed E-state index contributed by atoms with van der Waals surface area (Å²) in [4.78, 5) is 0. The lowest BCUT2D eigenvalue weighted by atomic mass is 9.70. The van der Waals surface area contributed by atoms with Crippen LogP contribution in [0.15, 0.2) is 24.3 Å². The topological polar surface area (TPSA) is 55.5 Å². The van der Waals surface area contributed by atoms with Gasteiger partial charge in [-0.15, -0.1) is 0 Å². The van der Waals surface area contributed by atoms with Crippen molar-refractivity contribution in [1.29, 1.82) is 0 Å². The third-order valence-corrected chi connectivity index (χ3v) is 4.82. The minimum Gasteiger partial charge on any atom is -0.494 e. The van der Waals surface area contributed by atoms with E-state index in [1.54, 1.807) is 0 Å². The lowest BCUT2D eigenvalue weighted by molar-refractivity contribution is 0.00834. The van der Waals surface area contributed by atoms with Gasteiger partial charge in [0, 0.05) is 12.0 Å². The predicted octanol–water partition coefficient (Wildman–Crippen LogP) is 3.81. The minimum atomic E-state index is -0.499. The number of hydrogen-bond acceptors (Lipinski definition) is 3. The quantitative estimate of drug-likeness (QED) is 0.867. The second-order valence-electron chi connectivity index (χ2n) is 6.24. The molecular weight excluding hydrogens is 262 g/mol. The van der Waals surface area contributed by atoms with Crippen molar-refractivity contribution in [3.05, 3.63) is 29.8 Å². The van der Waals surface area contributed by atoms with Crippen LogP contribution in [-0.4, -0.2) is 18.3 Å². The van der Waals surface area contributed by atoms with Gasteiger partial charge in [-0.25, -0.2) is 0 Å².